The summed E-state index contributed by atoms with van der Waals surface area (Å²) in [5.41, 5.74) is 0. The van der Waals surface area contributed by atoms with Gasteiger partial charge in [-0.25, -0.2) is 0 Å². The van der Waals surface area contributed by atoms with E-state index >= 15 is 0 Å². The van der Waals surface area contributed by atoms with E-state index in [9.17, 15) is 8.42 Å². The molecule has 4 nitrogen and oxygen atoms in total. The lowest BCUT2D eigenvalue weighted by atomic mass is 9.88. The molecule has 0 heterocycles. The Morgan fingerprint density at radius 1 is 1.23 bits per heavy atom. The molecule has 1 saturated carbocycles. The van der Waals surface area contributed by atoms with Crippen molar-refractivity contribution in [2.45, 2.75) is 38.5 Å². The van der Waals surface area contributed by atoms with E-state index in [0.717, 1.165) is 12.8 Å². The molecule has 78 valence electrons. The Hall–Kier alpha value is -0.130. The van der Waals surface area contributed by atoms with Crippen molar-refractivity contribution in [2.24, 2.45) is 11.8 Å². The van der Waals surface area contributed by atoms with Crippen molar-refractivity contribution in [3.8, 4) is 0 Å². The zero-order valence-electron chi connectivity index (χ0n) is 7.74. The van der Waals surface area contributed by atoms with Crippen molar-refractivity contribution < 1.29 is 12.7 Å². The predicted molar refractivity (Wildman–Crippen MR) is 50.3 cm³/mol. The molecular weight excluding hydrogens is 190 g/mol. The largest absolute Gasteiger partial charge is 0.283 e. The summed E-state index contributed by atoms with van der Waals surface area (Å²) in [5.74, 6) is 5.25. The molecule has 1 aliphatic carbocycles. The summed E-state index contributed by atoms with van der Waals surface area (Å²) in [7, 11) is -3.44. The van der Waals surface area contributed by atoms with Crippen LogP contribution in [0, 0.1) is 5.92 Å². The quantitative estimate of drug-likeness (QED) is 0.703. The summed E-state index contributed by atoms with van der Waals surface area (Å²) in [6.45, 7) is 0. The summed E-state index contributed by atoms with van der Waals surface area (Å²) in [6, 6.07) is 0. The van der Waals surface area contributed by atoms with Gasteiger partial charge in [0.05, 0.1) is 5.75 Å². The number of hydrogen-bond donors (Lipinski definition) is 1. The third kappa shape index (κ3) is 4.06. The van der Waals surface area contributed by atoms with E-state index < -0.39 is 10.1 Å². The zero-order chi connectivity index (χ0) is 9.73. The van der Waals surface area contributed by atoms with E-state index in [4.69, 9.17) is 0 Å². The highest BCUT2D eigenvalue weighted by atomic mass is 32.2. The molecule has 2 N–H and O–H groups in total. The summed E-state index contributed by atoms with van der Waals surface area (Å²) >= 11 is 0. The van der Waals surface area contributed by atoms with Gasteiger partial charge in [-0.05, 0) is 12.3 Å². The molecule has 5 heteroatoms. The number of hydrogen-bond acceptors (Lipinski definition) is 4. The first-order valence-corrected chi connectivity index (χ1v) is 6.33. The average Bonchev–Trinajstić information content (AvgIpc) is 2.17. The Bertz CT molecular complexity index is 232. The molecule has 0 saturated heterocycles. The summed E-state index contributed by atoms with van der Waals surface area (Å²) in [5, 5.41) is 0. The lowest BCUT2D eigenvalue weighted by molar-refractivity contribution is 0.318. The Morgan fingerprint density at radius 3 is 2.38 bits per heavy atom. The van der Waals surface area contributed by atoms with Crippen LogP contribution in [0.25, 0.3) is 0 Å². The monoisotopic (exact) mass is 207 g/mol. The van der Waals surface area contributed by atoms with Gasteiger partial charge in [0.15, 0.2) is 0 Å². The van der Waals surface area contributed by atoms with Crippen molar-refractivity contribution in [1.82, 2.24) is 0 Å². The lowest BCUT2D eigenvalue weighted by Crippen LogP contribution is -2.18. The standard InChI is InChI=1S/C8H17NO3S/c9-12-13(10,11)7-6-8-4-2-1-3-5-8/h8H,1-7,9H2. The van der Waals surface area contributed by atoms with Crippen molar-refractivity contribution in [1.29, 1.82) is 0 Å². The number of rotatable bonds is 4. The molecule has 0 aromatic heterocycles. The van der Waals surface area contributed by atoms with E-state index in [1.54, 1.807) is 0 Å². The van der Waals surface area contributed by atoms with Gasteiger partial charge in [-0.1, -0.05) is 32.1 Å². The highest BCUT2D eigenvalue weighted by Crippen LogP contribution is 2.26. The second kappa shape index (κ2) is 4.93. The smallest absolute Gasteiger partial charge is 0.198 e. The maximum Gasteiger partial charge on any atom is 0.283 e. The average molecular weight is 207 g/mol. The fourth-order valence-corrected chi connectivity index (χ4v) is 2.55. The first-order valence-electron chi connectivity index (χ1n) is 4.75. The molecule has 0 radical (unpaired) electrons. The molecule has 0 aromatic carbocycles. The molecule has 13 heavy (non-hydrogen) atoms. The first-order chi connectivity index (χ1) is 6.14. The minimum atomic E-state index is -3.44. The highest BCUT2D eigenvalue weighted by molar-refractivity contribution is 7.86. The Morgan fingerprint density at radius 2 is 1.85 bits per heavy atom. The van der Waals surface area contributed by atoms with Gasteiger partial charge in [-0.15, -0.1) is 0 Å². The Kier molecular flexibility index (Phi) is 4.15. The van der Waals surface area contributed by atoms with Gasteiger partial charge in [-0.3, -0.25) is 0 Å². The van der Waals surface area contributed by atoms with Gasteiger partial charge >= 0.3 is 0 Å². The third-order valence-corrected chi connectivity index (χ3v) is 3.68. The topological polar surface area (TPSA) is 69.4 Å². The maximum atomic E-state index is 10.9. The maximum absolute atomic E-state index is 10.9. The molecule has 1 aliphatic rings. The molecule has 0 aromatic rings. The number of nitrogens with two attached hydrogens (primary N) is 1. The van der Waals surface area contributed by atoms with Crippen LogP contribution in [0.3, 0.4) is 0 Å². The van der Waals surface area contributed by atoms with Gasteiger partial charge < -0.3 is 0 Å². The zero-order valence-corrected chi connectivity index (χ0v) is 8.55. The fourth-order valence-electron chi connectivity index (χ4n) is 1.83. The van der Waals surface area contributed by atoms with Gasteiger partial charge in [0.1, 0.15) is 0 Å². The Labute approximate surface area is 79.5 Å². The molecule has 0 atom stereocenters. The van der Waals surface area contributed by atoms with Crippen LogP contribution < -0.4 is 5.90 Å². The van der Waals surface area contributed by atoms with E-state index in [1.807, 2.05) is 0 Å². The van der Waals surface area contributed by atoms with Crippen LogP contribution in [0.15, 0.2) is 0 Å². The molecule has 1 rings (SSSR count). The van der Waals surface area contributed by atoms with Gasteiger partial charge in [-0.2, -0.15) is 18.6 Å². The lowest BCUT2D eigenvalue weighted by Gasteiger charge is -2.20. The predicted octanol–water partition coefficient (Wildman–Crippen LogP) is 1.18. The van der Waals surface area contributed by atoms with Crippen LogP contribution in [0.4, 0.5) is 0 Å². The highest BCUT2D eigenvalue weighted by Gasteiger charge is 2.17. The van der Waals surface area contributed by atoms with Crippen molar-refractivity contribution in [2.75, 3.05) is 5.75 Å². The van der Waals surface area contributed by atoms with Crippen LogP contribution >= 0.6 is 0 Å². The first kappa shape index (κ1) is 10.9. The Balaban J connectivity index is 2.25. The summed E-state index contributed by atoms with van der Waals surface area (Å²) in [6.07, 6.45) is 6.75. The van der Waals surface area contributed by atoms with Gasteiger partial charge in [0, 0.05) is 0 Å². The van der Waals surface area contributed by atoms with E-state index in [1.165, 1.54) is 19.3 Å². The van der Waals surface area contributed by atoms with Crippen molar-refractivity contribution >= 4 is 10.1 Å². The minimum absolute atomic E-state index is 0.0637. The van der Waals surface area contributed by atoms with E-state index in [2.05, 4.69) is 10.2 Å². The minimum Gasteiger partial charge on any atom is -0.198 e. The second-order valence-electron chi connectivity index (χ2n) is 3.65. The van der Waals surface area contributed by atoms with Crippen molar-refractivity contribution in [3.05, 3.63) is 0 Å². The molecule has 0 amide bonds. The normalized spacial score (nSPS) is 20.4. The summed E-state index contributed by atoms with van der Waals surface area (Å²) < 4.78 is 25.7. The molecule has 0 unspecified atom stereocenters. The van der Waals surface area contributed by atoms with Crippen LogP contribution in [0.1, 0.15) is 38.5 Å². The molecule has 0 spiro atoms. The fraction of sp³-hybridized carbons (Fsp3) is 1.00. The van der Waals surface area contributed by atoms with Crippen LogP contribution in [-0.2, 0) is 14.4 Å². The van der Waals surface area contributed by atoms with Gasteiger partial charge in [0.25, 0.3) is 10.1 Å². The third-order valence-electron chi connectivity index (χ3n) is 2.65. The summed E-state index contributed by atoms with van der Waals surface area (Å²) in [4.78, 5) is 0. The van der Waals surface area contributed by atoms with Gasteiger partial charge in [0.2, 0.25) is 0 Å². The van der Waals surface area contributed by atoms with Crippen LogP contribution in [-0.4, -0.2) is 14.2 Å². The van der Waals surface area contributed by atoms with E-state index in [-0.39, 0.29) is 5.75 Å². The molecule has 0 aliphatic heterocycles. The SMILES string of the molecule is NOS(=O)(=O)CCC1CCCCC1. The molecule has 0 bridgehead atoms. The second-order valence-corrected chi connectivity index (χ2v) is 5.37. The molecular formula is C8H17NO3S. The van der Waals surface area contributed by atoms with Crippen LogP contribution in [0.2, 0.25) is 0 Å². The molecule has 1 fully saturated rings. The van der Waals surface area contributed by atoms with Crippen molar-refractivity contribution in [3.63, 3.8) is 0 Å². The van der Waals surface area contributed by atoms with E-state index in [0.29, 0.717) is 12.3 Å². The van der Waals surface area contributed by atoms with Crippen LogP contribution in [0.5, 0.6) is 0 Å².